The van der Waals surface area contributed by atoms with Gasteiger partial charge in [-0.25, -0.2) is 0 Å². The Bertz CT molecular complexity index is 202. The molecule has 0 aromatic rings. The zero-order valence-corrected chi connectivity index (χ0v) is 7.39. The van der Waals surface area contributed by atoms with Gasteiger partial charge in [-0.3, -0.25) is 0 Å². The van der Waals surface area contributed by atoms with Crippen LogP contribution in [0, 0.1) is 11.3 Å². The van der Waals surface area contributed by atoms with Gasteiger partial charge in [0, 0.05) is 6.56 Å². The van der Waals surface area contributed by atoms with Crippen LogP contribution in [0.15, 0.2) is 0 Å². The molecule has 1 fully saturated rings. The molecule has 1 saturated carbocycles. The topological polar surface area (TPSA) is 40.5 Å². The molecule has 0 bridgehead atoms. The molecular weight excluding hydrogens is 140 g/mol. The van der Waals surface area contributed by atoms with Crippen LogP contribution in [0.25, 0.3) is 0 Å². The molecule has 2 nitrogen and oxygen atoms in total. The monoisotopic (exact) mass is 160 g/mol. The molecule has 0 saturated heterocycles. The average molecular weight is 160 g/mol. The van der Waals surface area contributed by atoms with Gasteiger partial charge in [0.25, 0.3) is 0 Å². The predicted molar refractivity (Wildman–Crippen MR) is 44.2 cm³/mol. The summed E-state index contributed by atoms with van der Waals surface area (Å²) < 4.78 is 14.4. The lowest BCUT2D eigenvalue weighted by molar-refractivity contribution is -0.163. The molecular formula is C9H18O2. The van der Waals surface area contributed by atoms with Crippen LogP contribution in [0.3, 0.4) is 0 Å². The van der Waals surface area contributed by atoms with E-state index in [9.17, 15) is 10.2 Å². The Hall–Kier alpha value is -0.0800. The fraction of sp³-hybridized carbons (Fsp3) is 1.00. The van der Waals surface area contributed by atoms with Crippen LogP contribution in [-0.2, 0) is 0 Å². The molecule has 0 aromatic carbocycles. The van der Waals surface area contributed by atoms with Gasteiger partial charge in [-0.2, -0.15) is 0 Å². The summed E-state index contributed by atoms with van der Waals surface area (Å²) in [5.74, 6) is 0.114. The number of aliphatic hydroxyl groups is 2. The SMILES string of the molecule is [2H]C([2H])(O)C1(C)CC(O)(C(C)C)C1. The quantitative estimate of drug-likeness (QED) is 0.636. The van der Waals surface area contributed by atoms with Crippen molar-refractivity contribution in [2.24, 2.45) is 11.3 Å². The molecule has 1 rings (SSSR count). The summed E-state index contributed by atoms with van der Waals surface area (Å²) in [6.45, 7) is 3.30. The Morgan fingerprint density at radius 2 is 2.00 bits per heavy atom. The number of rotatable bonds is 2. The van der Waals surface area contributed by atoms with Crippen molar-refractivity contribution in [3.8, 4) is 0 Å². The van der Waals surface area contributed by atoms with E-state index < -0.39 is 17.6 Å². The molecule has 11 heavy (non-hydrogen) atoms. The van der Waals surface area contributed by atoms with E-state index in [1.165, 1.54) is 0 Å². The molecule has 0 atom stereocenters. The van der Waals surface area contributed by atoms with E-state index in [2.05, 4.69) is 0 Å². The van der Waals surface area contributed by atoms with Crippen LogP contribution in [0.5, 0.6) is 0 Å². The lowest BCUT2D eigenvalue weighted by atomic mass is 9.57. The summed E-state index contributed by atoms with van der Waals surface area (Å²) in [4.78, 5) is 0. The Morgan fingerprint density at radius 1 is 1.55 bits per heavy atom. The molecule has 0 amide bonds. The first-order chi connectivity index (χ1) is 5.61. The van der Waals surface area contributed by atoms with Crippen molar-refractivity contribution in [2.45, 2.75) is 39.2 Å². The lowest BCUT2D eigenvalue weighted by Gasteiger charge is -2.53. The van der Waals surface area contributed by atoms with E-state index in [0.29, 0.717) is 12.8 Å². The number of hydrogen-bond donors (Lipinski definition) is 2. The van der Waals surface area contributed by atoms with E-state index in [1.807, 2.05) is 13.8 Å². The summed E-state index contributed by atoms with van der Waals surface area (Å²) in [5, 5.41) is 19.1. The predicted octanol–water partition coefficient (Wildman–Crippen LogP) is 1.17. The zero-order chi connectivity index (χ0) is 10.5. The summed E-state index contributed by atoms with van der Waals surface area (Å²) in [6.07, 6.45) is 0.669. The second-order valence-electron chi connectivity index (χ2n) is 4.28. The number of hydrogen-bond acceptors (Lipinski definition) is 2. The minimum absolute atomic E-state index is 0.114. The molecule has 1 aliphatic carbocycles. The maximum atomic E-state index is 9.91. The smallest absolute Gasteiger partial charge is 0.0682 e. The summed E-state index contributed by atoms with van der Waals surface area (Å²) in [5.41, 5.74) is -1.57. The highest BCUT2D eigenvalue weighted by Crippen LogP contribution is 2.51. The van der Waals surface area contributed by atoms with Gasteiger partial charge in [-0.1, -0.05) is 20.8 Å². The molecule has 0 aromatic heterocycles. The van der Waals surface area contributed by atoms with E-state index in [0.717, 1.165) is 0 Å². The second-order valence-corrected chi connectivity index (χ2v) is 4.28. The van der Waals surface area contributed by atoms with Gasteiger partial charge < -0.3 is 10.2 Å². The standard InChI is InChI=1S/C9H18O2/c1-7(2)9(11)4-8(3,5-9)6-10/h7,10-11H,4-6H2,1-3H3/i6D2. The fourth-order valence-electron chi connectivity index (χ4n) is 1.79. The highest BCUT2D eigenvalue weighted by atomic mass is 16.3. The minimum Gasteiger partial charge on any atom is -0.396 e. The zero-order valence-electron chi connectivity index (χ0n) is 9.39. The van der Waals surface area contributed by atoms with Crippen LogP contribution < -0.4 is 0 Å². The van der Waals surface area contributed by atoms with Gasteiger partial charge in [-0.05, 0) is 24.2 Å². The van der Waals surface area contributed by atoms with Crippen LogP contribution >= 0.6 is 0 Å². The first-order valence-corrected chi connectivity index (χ1v) is 4.05. The molecule has 0 unspecified atom stereocenters. The highest BCUT2D eigenvalue weighted by molar-refractivity contribution is 5.03. The van der Waals surface area contributed by atoms with E-state index >= 15 is 0 Å². The van der Waals surface area contributed by atoms with Crippen molar-refractivity contribution >= 4 is 0 Å². The van der Waals surface area contributed by atoms with E-state index in [1.54, 1.807) is 6.92 Å². The fourth-order valence-corrected chi connectivity index (χ4v) is 1.79. The van der Waals surface area contributed by atoms with Gasteiger partial charge in [0.2, 0.25) is 0 Å². The molecule has 66 valence electrons. The first kappa shape index (κ1) is 6.44. The Kier molecular flexibility index (Phi) is 1.44. The van der Waals surface area contributed by atoms with Crippen molar-refractivity contribution in [3.05, 3.63) is 0 Å². The van der Waals surface area contributed by atoms with Crippen molar-refractivity contribution < 1.29 is 13.0 Å². The van der Waals surface area contributed by atoms with Gasteiger partial charge in [-0.15, -0.1) is 0 Å². The molecule has 0 heterocycles. The van der Waals surface area contributed by atoms with Crippen LogP contribution in [0.2, 0.25) is 0 Å². The normalized spacial score (nSPS) is 48.2. The van der Waals surface area contributed by atoms with Gasteiger partial charge in [0.05, 0.1) is 8.34 Å². The second kappa shape index (κ2) is 2.46. The van der Waals surface area contributed by atoms with Crippen LogP contribution in [-0.4, -0.2) is 22.4 Å². The maximum absolute atomic E-state index is 9.91. The van der Waals surface area contributed by atoms with Crippen LogP contribution in [0.4, 0.5) is 0 Å². The molecule has 2 heteroatoms. The molecule has 0 aliphatic heterocycles. The highest BCUT2D eigenvalue weighted by Gasteiger charge is 2.51. The third-order valence-electron chi connectivity index (χ3n) is 2.74. The van der Waals surface area contributed by atoms with E-state index in [-0.39, 0.29) is 5.92 Å². The van der Waals surface area contributed by atoms with Crippen molar-refractivity contribution in [3.63, 3.8) is 0 Å². The maximum Gasteiger partial charge on any atom is 0.0682 e. The molecule has 2 N–H and O–H groups in total. The Balaban J connectivity index is 2.67. The van der Waals surface area contributed by atoms with Gasteiger partial charge in [0.1, 0.15) is 0 Å². The Labute approximate surface area is 71.1 Å². The summed E-state index contributed by atoms with van der Waals surface area (Å²) in [7, 11) is 0. The lowest BCUT2D eigenvalue weighted by Crippen LogP contribution is -2.55. The third kappa shape index (κ3) is 1.42. The summed E-state index contributed by atoms with van der Waals surface area (Å²) >= 11 is 0. The average Bonchev–Trinajstić information content (AvgIpc) is 1.81. The van der Waals surface area contributed by atoms with Crippen LogP contribution in [0.1, 0.15) is 36.4 Å². The molecule has 0 radical (unpaired) electrons. The summed E-state index contributed by atoms with van der Waals surface area (Å²) in [6, 6.07) is 0. The van der Waals surface area contributed by atoms with Crippen molar-refractivity contribution in [1.29, 1.82) is 0 Å². The van der Waals surface area contributed by atoms with E-state index in [4.69, 9.17) is 2.74 Å². The van der Waals surface area contributed by atoms with Gasteiger partial charge >= 0.3 is 0 Å². The minimum atomic E-state index is -2.19. The molecule has 1 aliphatic rings. The first-order valence-electron chi connectivity index (χ1n) is 5.05. The largest absolute Gasteiger partial charge is 0.396 e. The molecule has 0 spiro atoms. The van der Waals surface area contributed by atoms with Gasteiger partial charge in [0.15, 0.2) is 0 Å². The Morgan fingerprint density at radius 3 is 2.27 bits per heavy atom. The third-order valence-corrected chi connectivity index (χ3v) is 2.74. The van der Waals surface area contributed by atoms with Crippen molar-refractivity contribution in [2.75, 3.05) is 6.56 Å². The van der Waals surface area contributed by atoms with Crippen molar-refractivity contribution in [1.82, 2.24) is 0 Å².